The fraction of sp³-hybridized carbons (Fsp3) is 0.300. The lowest BCUT2D eigenvalue weighted by Gasteiger charge is -2.33. The third-order valence-electron chi connectivity index (χ3n) is 2.45. The van der Waals surface area contributed by atoms with E-state index in [1.807, 2.05) is 36.3 Å². The summed E-state index contributed by atoms with van der Waals surface area (Å²) in [6.45, 7) is 0.804. The van der Waals surface area contributed by atoms with Gasteiger partial charge in [0.25, 0.3) is 5.91 Å². The predicted octanol–water partition coefficient (Wildman–Crippen LogP) is 1.12. The molecule has 1 amide bonds. The molecule has 3 nitrogen and oxygen atoms in total. The van der Waals surface area contributed by atoms with Crippen molar-refractivity contribution in [2.45, 2.75) is 6.54 Å². The summed E-state index contributed by atoms with van der Waals surface area (Å²) in [5.74, 6) is 0.0735. The van der Waals surface area contributed by atoms with Crippen LogP contribution >= 0.6 is 0 Å². The zero-order chi connectivity index (χ0) is 9.42. The van der Waals surface area contributed by atoms with Crippen LogP contribution in [0.4, 0.5) is 0 Å². The van der Waals surface area contributed by atoms with Crippen molar-refractivity contribution in [3.8, 4) is 0 Å². The molecule has 1 aliphatic rings. The van der Waals surface area contributed by atoms with Crippen LogP contribution in [0.3, 0.4) is 0 Å². The van der Waals surface area contributed by atoms with Gasteiger partial charge in [0.05, 0.1) is 0 Å². The molecule has 13 heavy (non-hydrogen) atoms. The molecular formula is C10H12N2O. The Morgan fingerprint density at radius 1 is 1.23 bits per heavy atom. The fourth-order valence-corrected chi connectivity index (χ4v) is 1.55. The van der Waals surface area contributed by atoms with Gasteiger partial charge in [-0.05, 0) is 11.6 Å². The van der Waals surface area contributed by atoms with Gasteiger partial charge in [0, 0.05) is 26.2 Å². The third-order valence-corrected chi connectivity index (χ3v) is 2.45. The average molecular weight is 176 g/mol. The summed E-state index contributed by atoms with van der Waals surface area (Å²) in [6.07, 6.45) is 0. The highest BCUT2D eigenvalue weighted by Crippen LogP contribution is 2.19. The molecule has 0 bridgehead atoms. The number of hydrogen-bond donors (Lipinski definition) is 0. The van der Waals surface area contributed by atoms with Crippen LogP contribution in [-0.2, 0) is 6.54 Å². The zero-order valence-corrected chi connectivity index (χ0v) is 7.82. The fourth-order valence-electron chi connectivity index (χ4n) is 1.55. The number of nitrogens with zero attached hydrogens (tertiary/aromatic N) is 2. The number of carbonyl (C=O) groups is 1. The Kier molecular flexibility index (Phi) is 1.81. The first-order chi connectivity index (χ1) is 6.20. The molecule has 2 rings (SSSR count). The molecule has 0 saturated heterocycles. The molecule has 0 radical (unpaired) electrons. The Labute approximate surface area is 77.5 Å². The summed E-state index contributed by atoms with van der Waals surface area (Å²) >= 11 is 0. The average Bonchev–Trinajstić information content (AvgIpc) is 2.15. The van der Waals surface area contributed by atoms with Crippen molar-refractivity contribution in [2.75, 3.05) is 14.1 Å². The van der Waals surface area contributed by atoms with E-state index in [4.69, 9.17) is 0 Å². The number of carbonyl (C=O) groups excluding carboxylic acids is 1. The highest BCUT2D eigenvalue weighted by atomic mass is 16.2. The monoisotopic (exact) mass is 176 g/mol. The maximum Gasteiger partial charge on any atom is 0.268 e. The molecule has 1 aromatic carbocycles. The summed E-state index contributed by atoms with van der Waals surface area (Å²) in [6, 6.07) is 7.74. The number of fused-ring (bicyclic) bond motifs is 1. The summed E-state index contributed by atoms with van der Waals surface area (Å²) in [5.41, 5.74) is 1.93. The first kappa shape index (κ1) is 8.26. The lowest BCUT2D eigenvalue weighted by Crippen LogP contribution is -2.44. The van der Waals surface area contributed by atoms with E-state index in [9.17, 15) is 4.79 Å². The number of rotatable bonds is 0. The number of benzene rings is 1. The minimum Gasteiger partial charge on any atom is -0.274 e. The minimum absolute atomic E-state index is 0.0735. The number of hydrogen-bond acceptors (Lipinski definition) is 2. The Bertz CT molecular complexity index is 349. The first-order valence-corrected chi connectivity index (χ1v) is 4.27. The second-order valence-electron chi connectivity index (χ2n) is 3.30. The SMILES string of the molecule is CN1Cc2ccccc2C(=O)N1C. The standard InChI is InChI=1S/C10H12N2O/c1-11-7-8-5-3-4-6-9(8)10(13)12(11)2/h3-6H,7H2,1-2H3. The van der Waals surface area contributed by atoms with Crippen molar-refractivity contribution in [3.05, 3.63) is 35.4 Å². The van der Waals surface area contributed by atoms with Crippen LogP contribution in [0.1, 0.15) is 15.9 Å². The van der Waals surface area contributed by atoms with E-state index < -0.39 is 0 Å². The van der Waals surface area contributed by atoms with Gasteiger partial charge in [-0.15, -0.1) is 0 Å². The van der Waals surface area contributed by atoms with E-state index in [0.29, 0.717) is 0 Å². The number of amides is 1. The highest BCUT2D eigenvalue weighted by molar-refractivity contribution is 5.95. The van der Waals surface area contributed by atoms with Crippen molar-refractivity contribution < 1.29 is 4.79 Å². The van der Waals surface area contributed by atoms with Crippen LogP contribution in [0.15, 0.2) is 24.3 Å². The second kappa shape index (κ2) is 2.85. The minimum atomic E-state index is 0.0735. The van der Waals surface area contributed by atoms with Crippen LogP contribution in [0, 0.1) is 0 Å². The lowest BCUT2D eigenvalue weighted by atomic mass is 10.1. The van der Waals surface area contributed by atoms with Gasteiger partial charge in [0.15, 0.2) is 0 Å². The predicted molar refractivity (Wildman–Crippen MR) is 50.0 cm³/mol. The van der Waals surface area contributed by atoms with Crippen LogP contribution in [-0.4, -0.2) is 30.0 Å². The smallest absolute Gasteiger partial charge is 0.268 e. The van der Waals surface area contributed by atoms with Gasteiger partial charge in [-0.25, -0.2) is 5.01 Å². The van der Waals surface area contributed by atoms with Crippen LogP contribution in [0.5, 0.6) is 0 Å². The van der Waals surface area contributed by atoms with E-state index in [0.717, 1.165) is 17.7 Å². The second-order valence-corrected chi connectivity index (χ2v) is 3.30. The largest absolute Gasteiger partial charge is 0.274 e. The van der Waals surface area contributed by atoms with Crippen LogP contribution in [0.25, 0.3) is 0 Å². The van der Waals surface area contributed by atoms with Crippen LogP contribution < -0.4 is 0 Å². The quantitative estimate of drug-likeness (QED) is 0.591. The third kappa shape index (κ3) is 1.21. The molecule has 0 aromatic heterocycles. The Morgan fingerprint density at radius 3 is 2.69 bits per heavy atom. The normalized spacial score (nSPS) is 17.4. The van der Waals surface area contributed by atoms with E-state index in [-0.39, 0.29) is 5.91 Å². The lowest BCUT2D eigenvalue weighted by molar-refractivity contribution is 0.0103. The van der Waals surface area contributed by atoms with Gasteiger partial charge in [-0.3, -0.25) is 9.80 Å². The van der Waals surface area contributed by atoms with Crippen LogP contribution in [0.2, 0.25) is 0 Å². The summed E-state index contributed by atoms with van der Waals surface area (Å²) < 4.78 is 0. The van der Waals surface area contributed by atoms with E-state index in [1.165, 1.54) is 0 Å². The van der Waals surface area contributed by atoms with Gasteiger partial charge >= 0.3 is 0 Å². The molecule has 1 aromatic rings. The first-order valence-electron chi connectivity index (χ1n) is 4.27. The van der Waals surface area contributed by atoms with E-state index in [1.54, 1.807) is 12.1 Å². The zero-order valence-electron chi connectivity index (χ0n) is 7.82. The van der Waals surface area contributed by atoms with E-state index >= 15 is 0 Å². The molecule has 0 fully saturated rings. The van der Waals surface area contributed by atoms with E-state index in [2.05, 4.69) is 0 Å². The number of hydrazine groups is 1. The molecule has 0 aliphatic carbocycles. The molecule has 0 spiro atoms. The molecule has 0 unspecified atom stereocenters. The summed E-state index contributed by atoms with van der Waals surface area (Å²) in [4.78, 5) is 11.7. The van der Waals surface area contributed by atoms with Gasteiger partial charge in [-0.1, -0.05) is 18.2 Å². The Morgan fingerprint density at radius 2 is 1.92 bits per heavy atom. The van der Waals surface area contributed by atoms with Gasteiger partial charge in [0.1, 0.15) is 0 Å². The maximum atomic E-state index is 11.7. The van der Waals surface area contributed by atoms with Crippen molar-refractivity contribution >= 4 is 5.91 Å². The Hall–Kier alpha value is -1.35. The molecule has 1 heterocycles. The Balaban J connectivity index is 2.49. The van der Waals surface area contributed by atoms with Gasteiger partial charge < -0.3 is 0 Å². The molecular weight excluding hydrogens is 164 g/mol. The molecule has 0 atom stereocenters. The highest BCUT2D eigenvalue weighted by Gasteiger charge is 2.24. The molecule has 0 saturated carbocycles. The summed E-state index contributed by atoms with van der Waals surface area (Å²) in [7, 11) is 3.70. The maximum absolute atomic E-state index is 11.7. The van der Waals surface area contributed by atoms with Gasteiger partial charge in [-0.2, -0.15) is 0 Å². The van der Waals surface area contributed by atoms with Crippen molar-refractivity contribution in [2.24, 2.45) is 0 Å². The van der Waals surface area contributed by atoms with Gasteiger partial charge in [0.2, 0.25) is 0 Å². The molecule has 68 valence electrons. The molecule has 1 aliphatic heterocycles. The van der Waals surface area contributed by atoms with Crippen molar-refractivity contribution in [3.63, 3.8) is 0 Å². The van der Waals surface area contributed by atoms with Crippen molar-refractivity contribution in [1.82, 2.24) is 10.0 Å². The van der Waals surface area contributed by atoms with Crippen molar-refractivity contribution in [1.29, 1.82) is 0 Å². The molecule has 3 heteroatoms. The topological polar surface area (TPSA) is 23.6 Å². The summed E-state index contributed by atoms with van der Waals surface area (Å²) in [5, 5.41) is 3.55. The molecule has 0 N–H and O–H groups in total.